The van der Waals surface area contributed by atoms with Crippen molar-refractivity contribution < 1.29 is 9.59 Å². The molecule has 2 aromatic carbocycles. The number of hydrogen-bond donors (Lipinski definition) is 0. The van der Waals surface area contributed by atoms with E-state index < -0.39 is 0 Å². The molecule has 0 aromatic heterocycles. The van der Waals surface area contributed by atoms with Gasteiger partial charge in [-0.15, -0.1) is 0 Å². The molecule has 3 rings (SSSR count). The highest BCUT2D eigenvalue weighted by Crippen LogP contribution is 2.12. The second kappa shape index (κ2) is 6.65. The van der Waals surface area contributed by atoms with E-state index in [2.05, 4.69) is 0 Å². The van der Waals surface area contributed by atoms with Gasteiger partial charge in [0.15, 0.2) is 0 Å². The molecule has 118 valence electrons. The second-order valence-corrected chi connectivity index (χ2v) is 5.82. The summed E-state index contributed by atoms with van der Waals surface area (Å²) in [6.45, 7) is 4.30. The van der Waals surface area contributed by atoms with Gasteiger partial charge in [0.25, 0.3) is 11.8 Å². The zero-order chi connectivity index (χ0) is 16.2. The first kappa shape index (κ1) is 15.3. The summed E-state index contributed by atoms with van der Waals surface area (Å²) < 4.78 is 0. The lowest BCUT2D eigenvalue weighted by Crippen LogP contribution is -2.50. The third-order valence-corrected chi connectivity index (χ3v) is 4.17. The first-order valence-corrected chi connectivity index (χ1v) is 7.85. The van der Waals surface area contributed by atoms with Crippen molar-refractivity contribution in [3.05, 3.63) is 71.3 Å². The van der Waals surface area contributed by atoms with Crippen LogP contribution in [0.3, 0.4) is 0 Å². The zero-order valence-corrected chi connectivity index (χ0v) is 13.2. The molecule has 0 atom stereocenters. The Kier molecular flexibility index (Phi) is 4.42. The van der Waals surface area contributed by atoms with Crippen molar-refractivity contribution >= 4 is 11.8 Å². The average Bonchev–Trinajstić information content (AvgIpc) is 2.62. The smallest absolute Gasteiger partial charge is 0.253 e. The fraction of sp³-hybridized carbons (Fsp3) is 0.263. The molecule has 23 heavy (non-hydrogen) atoms. The number of piperazine rings is 1. The zero-order valence-electron chi connectivity index (χ0n) is 13.2. The molecule has 2 aromatic rings. The topological polar surface area (TPSA) is 40.6 Å². The van der Waals surface area contributed by atoms with Gasteiger partial charge in [-0.25, -0.2) is 0 Å². The van der Waals surface area contributed by atoms with Gasteiger partial charge < -0.3 is 9.80 Å². The van der Waals surface area contributed by atoms with Crippen LogP contribution in [0.2, 0.25) is 0 Å². The Morgan fingerprint density at radius 2 is 1.13 bits per heavy atom. The number of carbonyl (C=O) groups excluding carboxylic acids is 2. The summed E-state index contributed by atoms with van der Waals surface area (Å²) in [4.78, 5) is 28.5. The standard InChI is InChI=1S/C19H20N2O2/c1-15-7-9-17(10-8-15)19(23)21-13-11-20(12-14-21)18(22)16-5-3-2-4-6-16/h2-10H,11-14H2,1H3. The molecule has 0 bridgehead atoms. The summed E-state index contributed by atoms with van der Waals surface area (Å²) in [7, 11) is 0. The van der Waals surface area contributed by atoms with E-state index in [1.165, 1.54) is 0 Å². The molecule has 4 heteroatoms. The molecule has 0 radical (unpaired) electrons. The molecule has 0 unspecified atom stereocenters. The summed E-state index contributed by atoms with van der Waals surface area (Å²) in [6, 6.07) is 16.9. The number of carbonyl (C=O) groups is 2. The SMILES string of the molecule is Cc1ccc(C(=O)N2CCN(C(=O)c3ccccc3)CC2)cc1. The summed E-state index contributed by atoms with van der Waals surface area (Å²) in [5, 5.41) is 0. The van der Waals surface area contributed by atoms with Gasteiger partial charge in [0.2, 0.25) is 0 Å². The van der Waals surface area contributed by atoms with Crippen LogP contribution in [-0.4, -0.2) is 47.8 Å². The molecule has 1 heterocycles. The Bertz CT molecular complexity index is 687. The third kappa shape index (κ3) is 3.42. The van der Waals surface area contributed by atoms with E-state index in [1.807, 2.05) is 71.3 Å². The minimum atomic E-state index is 0.0352. The summed E-state index contributed by atoms with van der Waals surface area (Å²) >= 11 is 0. The van der Waals surface area contributed by atoms with Crippen LogP contribution < -0.4 is 0 Å². The minimum absolute atomic E-state index is 0.0352. The Hall–Kier alpha value is -2.62. The summed E-state index contributed by atoms with van der Waals surface area (Å²) in [5.74, 6) is 0.0739. The van der Waals surface area contributed by atoms with Crippen molar-refractivity contribution in [2.24, 2.45) is 0 Å². The molecule has 0 saturated carbocycles. The van der Waals surface area contributed by atoms with Crippen LogP contribution in [0.4, 0.5) is 0 Å². The Morgan fingerprint density at radius 3 is 1.61 bits per heavy atom. The van der Waals surface area contributed by atoms with Crippen molar-refractivity contribution in [2.45, 2.75) is 6.92 Å². The van der Waals surface area contributed by atoms with Crippen LogP contribution in [0, 0.1) is 6.92 Å². The highest BCUT2D eigenvalue weighted by atomic mass is 16.2. The van der Waals surface area contributed by atoms with E-state index in [9.17, 15) is 9.59 Å². The van der Waals surface area contributed by atoms with Crippen molar-refractivity contribution in [3.8, 4) is 0 Å². The number of amides is 2. The van der Waals surface area contributed by atoms with Crippen LogP contribution in [0.1, 0.15) is 26.3 Å². The van der Waals surface area contributed by atoms with Crippen LogP contribution in [0.15, 0.2) is 54.6 Å². The number of benzene rings is 2. The molecule has 0 spiro atoms. The van der Waals surface area contributed by atoms with Crippen molar-refractivity contribution in [1.29, 1.82) is 0 Å². The van der Waals surface area contributed by atoms with Gasteiger partial charge in [0.05, 0.1) is 0 Å². The van der Waals surface area contributed by atoms with E-state index in [-0.39, 0.29) is 11.8 Å². The molecule has 0 N–H and O–H groups in total. The maximum absolute atomic E-state index is 12.5. The van der Waals surface area contributed by atoms with Gasteiger partial charge in [-0.2, -0.15) is 0 Å². The normalized spacial score (nSPS) is 14.7. The molecule has 2 amide bonds. The monoisotopic (exact) mass is 308 g/mol. The molecule has 1 aliphatic rings. The molecule has 4 nitrogen and oxygen atoms in total. The predicted octanol–water partition coefficient (Wildman–Crippen LogP) is 2.59. The lowest BCUT2D eigenvalue weighted by Gasteiger charge is -2.34. The quantitative estimate of drug-likeness (QED) is 0.855. The maximum atomic E-state index is 12.5. The van der Waals surface area contributed by atoms with E-state index in [0.717, 1.165) is 5.56 Å². The van der Waals surface area contributed by atoms with Crippen molar-refractivity contribution in [1.82, 2.24) is 9.80 Å². The first-order valence-electron chi connectivity index (χ1n) is 7.85. The lowest BCUT2D eigenvalue weighted by molar-refractivity contribution is 0.0535. The van der Waals surface area contributed by atoms with Gasteiger partial charge in [-0.1, -0.05) is 35.9 Å². The predicted molar refractivity (Wildman–Crippen MR) is 89.4 cm³/mol. The lowest BCUT2D eigenvalue weighted by atomic mass is 10.1. The number of hydrogen-bond acceptors (Lipinski definition) is 2. The van der Waals surface area contributed by atoms with Crippen LogP contribution in [-0.2, 0) is 0 Å². The first-order chi connectivity index (χ1) is 11.1. The van der Waals surface area contributed by atoms with Crippen LogP contribution in [0.25, 0.3) is 0 Å². The Labute approximate surface area is 136 Å². The molecule has 0 aliphatic carbocycles. The van der Waals surface area contributed by atoms with Gasteiger partial charge in [-0.05, 0) is 31.2 Å². The fourth-order valence-electron chi connectivity index (χ4n) is 2.75. The third-order valence-electron chi connectivity index (χ3n) is 4.17. The van der Waals surface area contributed by atoms with E-state index >= 15 is 0 Å². The van der Waals surface area contributed by atoms with Gasteiger partial charge >= 0.3 is 0 Å². The van der Waals surface area contributed by atoms with Crippen LogP contribution >= 0.6 is 0 Å². The van der Waals surface area contributed by atoms with Gasteiger partial charge in [0, 0.05) is 37.3 Å². The van der Waals surface area contributed by atoms with Crippen molar-refractivity contribution in [2.75, 3.05) is 26.2 Å². The molecule has 1 saturated heterocycles. The van der Waals surface area contributed by atoms with Gasteiger partial charge in [-0.3, -0.25) is 9.59 Å². The maximum Gasteiger partial charge on any atom is 0.253 e. The molecule has 1 aliphatic heterocycles. The van der Waals surface area contributed by atoms with Gasteiger partial charge in [0.1, 0.15) is 0 Å². The highest BCUT2D eigenvalue weighted by molar-refractivity contribution is 5.96. The number of rotatable bonds is 2. The van der Waals surface area contributed by atoms with E-state index in [4.69, 9.17) is 0 Å². The molecular weight excluding hydrogens is 288 g/mol. The number of nitrogens with zero attached hydrogens (tertiary/aromatic N) is 2. The average molecular weight is 308 g/mol. The minimum Gasteiger partial charge on any atom is -0.335 e. The van der Waals surface area contributed by atoms with Crippen molar-refractivity contribution in [3.63, 3.8) is 0 Å². The second-order valence-electron chi connectivity index (χ2n) is 5.82. The van der Waals surface area contributed by atoms with E-state index in [0.29, 0.717) is 37.3 Å². The summed E-state index contributed by atoms with van der Waals surface area (Å²) in [6.07, 6.45) is 0. The van der Waals surface area contributed by atoms with Crippen LogP contribution in [0.5, 0.6) is 0 Å². The molecular formula is C19H20N2O2. The molecule has 1 fully saturated rings. The highest BCUT2D eigenvalue weighted by Gasteiger charge is 2.25. The number of aryl methyl sites for hydroxylation is 1. The van der Waals surface area contributed by atoms with E-state index in [1.54, 1.807) is 0 Å². The Morgan fingerprint density at radius 1 is 0.696 bits per heavy atom. The Balaban J connectivity index is 1.61. The largest absolute Gasteiger partial charge is 0.335 e. The fourth-order valence-corrected chi connectivity index (χ4v) is 2.75. The summed E-state index contributed by atoms with van der Waals surface area (Å²) in [5.41, 5.74) is 2.55.